The van der Waals surface area contributed by atoms with Crippen molar-refractivity contribution in [3.05, 3.63) is 23.8 Å². The summed E-state index contributed by atoms with van der Waals surface area (Å²) in [6.07, 6.45) is 0. The standard InChI is InChI=1S/C10H13N3O5S/c1-12-10(15)13-19(16,17)8-5-6(11)3-4-7(8)9(14)18-2/h3-5H,11H2,1-2H3,(H2,12,13,15). The summed E-state index contributed by atoms with van der Waals surface area (Å²) in [7, 11) is -1.86. The van der Waals surface area contributed by atoms with E-state index in [4.69, 9.17) is 5.73 Å². The minimum Gasteiger partial charge on any atom is -0.465 e. The van der Waals surface area contributed by atoms with Crippen molar-refractivity contribution in [3.8, 4) is 0 Å². The van der Waals surface area contributed by atoms with Gasteiger partial charge in [0.05, 0.1) is 12.7 Å². The van der Waals surface area contributed by atoms with E-state index >= 15 is 0 Å². The molecule has 0 aliphatic rings. The van der Waals surface area contributed by atoms with Crippen LogP contribution in [0.25, 0.3) is 0 Å². The Labute approximate surface area is 110 Å². The number of amides is 2. The summed E-state index contributed by atoms with van der Waals surface area (Å²) in [6, 6.07) is 2.70. The first-order chi connectivity index (χ1) is 8.81. The van der Waals surface area contributed by atoms with Gasteiger partial charge in [-0.3, -0.25) is 0 Å². The van der Waals surface area contributed by atoms with Gasteiger partial charge in [-0.15, -0.1) is 0 Å². The molecule has 0 aliphatic heterocycles. The first kappa shape index (κ1) is 14.8. The number of hydrogen-bond acceptors (Lipinski definition) is 6. The molecule has 9 heteroatoms. The Morgan fingerprint density at radius 1 is 1.32 bits per heavy atom. The van der Waals surface area contributed by atoms with Gasteiger partial charge in [0.2, 0.25) is 0 Å². The van der Waals surface area contributed by atoms with Crippen molar-refractivity contribution in [2.24, 2.45) is 0 Å². The molecule has 0 fully saturated rings. The number of carbonyl (C=O) groups is 2. The van der Waals surface area contributed by atoms with E-state index < -0.39 is 26.9 Å². The van der Waals surface area contributed by atoms with Crippen LogP contribution in [0.15, 0.2) is 23.1 Å². The van der Waals surface area contributed by atoms with Crippen LogP contribution in [0.5, 0.6) is 0 Å². The van der Waals surface area contributed by atoms with Gasteiger partial charge >= 0.3 is 12.0 Å². The van der Waals surface area contributed by atoms with Crippen LogP contribution in [0.4, 0.5) is 10.5 Å². The maximum atomic E-state index is 12.0. The number of nitrogens with two attached hydrogens (primary N) is 1. The Balaban J connectivity index is 3.35. The monoisotopic (exact) mass is 287 g/mol. The molecular weight excluding hydrogens is 274 g/mol. The summed E-state index contributed by atoms with van der Waals surface area (Å²) in [5.41, 5.74) is 5.40. The zero-order valence-corrected chi connectivity index (χ0v) is 11.1. The zero-order chi connectivity index (χ0) is 14.6. The number of methoxy groups -OCH3 is 1. The Bertz CT molecular complexity index is 612. The lowest BCUT2D eigenvalue weighted by Gasteiger charge is -2.10. The number of hydrogen-bond donors (Lipinski definition) is 3. The molecule has 1 aromatic carbocycles. The fraction of sp³-hybridized carbons (Fsp3) is 0.200. The van der Waals surface area contributed by atoms with Gasteiger partial charge in [0.15, 0.2) is 0 Å². The number of sulfonamides is 1. The molecule has 0 spiro atoms. The average molecular weight is 287 g/mol. The number of anilines is 1. The smallest absolute Gasteiger partial charge is 0.339 e. The molecule has 19 heavy (non-hydrogen) atoms. The molecule has 0 saturated carbocycles. The maximum absolute atomic E-state index is 12.0. The number of esters is 1. The highest BCUT2D eigenvalue weighted by molar-refractivity contribution is 7.90. The number of urea groups is 1. The lowest BCUT2D eigenvalue weighted by Crippen LogP contribution is -2.38. The fourth-order valence-corrected chi connectivity index (χ4v) is 2.46. The number of nitrogen functional groups attached to an aromatic ring is 1. The zero-order valence-electron chi connectivity index (χ0n) is 10.3. The highest BCUT2D eigenvalue weighted by Crippen LogP contribution is 2.19. The predicted octanol–water partition coefficient (Wildman–Crippen LogP) is -0.327. The van der Waals surface area contributed by atoms with Crippen LogP contribution < -0.4 is 15.8 Å². The third-order valence-corrected chi connectivity index (χ3v) is 3.53. The normalized spacial score (nSPS) is 10.6. The maximum Gasteiger partial charge on any atom is 0.339 e. The topological polar surface area (TPSA) is 128 Å². The molecule has 1 rings (SSSR count). The third kappa shape index (κ3) is 3.35. The molecule has 0 saturated heterocycles. The van der Waals surface area contributed by atoms with Crippen LogP contribution in [-0.2, 0) is 14.8 Å². The van der Waals surface area contributed by atoms with Gasteiger partial charge in [-0.2, -0.15) is 0 Å². The Morgan fingerprint density at radius 2 is 1.95 bits per heavy atom. The van der Waals surface area contributed by atoms with E-state index in [1.807, 2.05) is 0 Å². The molecule has 0 bridgehead atoms. The van der Waals surface area contributed by atoms with Crippen molar-refractivity contribution in [2.75, 3.05) is 19.9 Å². The SMILES string of the molecule is CNC(=O)NS(=O)(=O)c1cc(N)ccc1C(=O)OC. The van der Waals surface area contributed by atoms with E-state index in [1.54, 1.807) is 4.72 Å². The lowest BCUT2D eigenvalue weighted by atomic mass is 10.2. The number of ether oxygens (including phenoxy) is 1. The first-order valence-electron chi connectivity index (χ1n) is 5.04. The van der Waals surface area contributed by atoms with E-state index in [0.717, 1.165) is 13.2 Å². The molecular formula is C10H13N3O5S. The van der Waals surface area contributed by atoms with E-state index in [0.29, 0.717) is 0 Å². The van der Waals surface area contributed by atoms with Crippen molar-refractivity contribution in [3.63, 3.8) is 0 Å². The van der Waals surface area contributed by atoms with Crippen molar-refractivity contribution < 1.29 is 22.7 Å². The molecule has 0 radical (unpaired) electrons. The Kier molecular flexibility index (Phi) is 4.33. The number of benzene rings is 1. The van der Waals surface area contributed by atoms with Gasteiger partial charge in [-0.1, -0.05) is 0 Å². The average Bonchev–Trinajstić information content (AvgIpc) is 2.37. The second-order valence-electron chi connectivity index (χ2n) is 3.43. The quantitative estimate of drug-likeness (QED) is 0.516. The largest absolute Gasteiger partial charge is 0.465 e. The summed E-state index contributed by atoms with van der Waals surface area (Å²) in [6.45, 7) is 0. The number of rotatable bonds is 3. The second-order valence-corrected chi connectivity index (χ2v) is 5.08. The van der Waals surface area contributed by atoms with Gasteiger partial charge in [0, 0.05) is 12.7 Å². The minimum atomic E-state index is -4.22. The molecule has 2 amide bonds. The molecule has 4 N–H and O–H groups in total. The van der Waals surface area contributed by atoms with Crippen LogP contribution in [0, 0.1) is 0 Å². The van der Waals surface area contributed by atoms with Crippen molar-refractivity contribution in [2.45, 2.75) is 4.90 Å². The van der Waals surface area contributed by atoms with Crippen molar-refractivity contribution in [1.29, 1.82) is 0 Å². The van der Waals surface area contributed by atoms with E-state index in [1.165, 1.54) is 19.2 Å². The van der Waals surface area contributed by atoms with Crippen LogP contribution in [0.1, 0.15) is 10.4 Å². The molecule has 1 aromatic rings. The van der Waals surface area contributed by atoms with Crippen LogP contribution in [0.2, 0.25) is 0 Å². The van der Waals surface area contributed by atoms with Gasteiger partial charge in [0.25, 0.3) is 10.0 Å². The van der Waals surface area contributed by atoms with Gasteiger partial charge in [0.1, 0.15) is 4.90 Å². The Morgan fingerprint density at radius 3 is 2.47 bits per heavy atom. The summed E-state index contributed by atoms with van der Waals surface area (Å²) >= 11 is 0. The van der Waals surface area contributed by atoms with E-state index in [9.17, 15) is 18.0 Å². The summed E-state index contributed by atoms with van der Waals surface area (Å²) in [5.74, 6) is -0.850. The summed E-state index contributed by atoms with van der Waals surface area (Å²) in [4.78, 5) is 22.2. The molecule has 104 valence electrons. The fourth-order valence-electron chi connectivity index (χ4n) is 1.27. The van der Waals surface area contributed by atoms with Gasteiger partial charge < -0.3 is 15.8 Å². The van der Waals surface area contributed by atoms with E-state index in [2.05, 4.69) is 10.1 Å². The lowest BCUT2D eigenvalue weighted by molar-refractivity contribution is 0.0596. The van der Waals surface area contributed by atoms with Crippen LogP contribution >= 0.6 is 0 Å². The molecule has 8 nitrogen and oxygen atoms in total. The molecule has 0 atom stereocenters. The van der Waals surface area contributed by atoms with Crippen molar-refractivity contribution >= 4 is 27.7 Å². The highest BCUT2D eigenvalue weighted by atomic mass is 32.2. The number of nitrogens with one attached hydrogen (secondary N) is 2. The van der Waals surface area contributed by atoms with Gasteiger partial charge in [-0.25, -0.2) is 22.7 Å². The predicted molar refractivity (Wildman–Crippen MR) is 67.0 cm³/mol. The minimum absolute atomic E-state index is 0.130. The third-order valence-electron chi connectivity index (χ3n) is 2.15. The molecule has 0 unspecified atom stereocenters. The molecule has 0 aliphatic carbocycles. The molecule has 0 heterocycles. The number of carbonyl (C=O) groups excluding carboxylic acids is 2. The van der Waals surface area contributed by atoms with Crippen LogP contribution in [0.3, 0.4) is 0 Å². The van der Waals surface area contributed by atoms with Crippen molar-refractivity contribution in [1.82, 2.24) is 10.0 Å². The first-order valence-corrected chi connectivity index (χ1v) is 6.52. The summed E-state index contributed by atoms with van der Waals surface area (Å²) < 4.78 is 30.1. The Hall–Kier alpha value is -2.29. The van der Waals surface area contributed by atoms with Gasteiger partial charge in [-0.05, 0) is 18.2 Å². The molecule has 0 aromatic heterocycles. The summed E-state index contributed by atoms with van der Waals surface area (Å²) in [5, 5.41) is 2.09. The van der Waals surface area contributed by atoms with Crippen LogP contribution in [-0.4, -0.2) is 34.6 Å². The van der Waals surface area contributed by atoms with E-state index in [-0.39, 0.29) is 11.3 Å². The highest BCUT2D eigenvalue weighted by Gasteiger charge is 2.24. The second kappa shape index (κ2) is 5.57.